The van der Waals surface area contributed by atoms with Gasteiger partial charge in [-0.1, -0.05) is 13.8 Å². The van der Waals surface area contributed by atoms with Crippen LogP contribution in [0.4, 0.5) is 0 Å². The standard InChI is InChI=1S/C12H21N3O4S/c1-4-15(5-2)20(18,19)10-8-11(14(3)9-10)12(17)13-6-7-16/h8-9,16H,4-7H2,1-3H3,(H,13,17). The first kappa shape index (κ1) is 16.7. The quantitative estimate of drug-likeness (QED) is 0.728. The molecule has 1 heterocycles. The smallest absolute Gasteiger partial charge is 0.268 e. The average Bonchev–Trinajstić information content (AvgIpc) is 2.80. The number of aliphatic hydroxyl groups is 1. The molecule has 0 aliphatic heterocycles. The third-order valence-electron chi connectivity index (χ3n) is 2.95. The van der Waals surface area contributed by atoms with Crippen LogP contribution in [0.25, 0.3) is 0 Å². The Morgan fingerprint density at radius 1 is 1.40 bits per heavy atom. The summed E-state index contributed by atoms with van der Waals surface area (Å²) in [5.41, 5.74) is 0.240. The van der Waals surface area contributed by atoms with Crippen LogP contribution in [-0.2, 0) is 17.1 Å². The fourth-order valence-corrected chi connectivity index (χ4v) is 3.40. The molecule has 0 aliphatic carbocycles. The molecule has 2 N–H and O–H groups in total. The number of carbonyl (C=O) groups excluding carboxylic acids is 1. The van der Waals surface area contributed by atoms with Crippen molar-refractivity contribution in [2.75, 3.05) is 26.2 Å². The Bertz CT molecular complexity index is 561. The lowest BCUT2D eigenvalue weighted by Crippen LogP contribution is -2.30. The number of hydrogen-bond donors (Lipinski definition) is 2. The number of sulfonamides is 1. The summed E-state index contributed by atoms with van der Waals surface area (Å²) in [6.45, 7) is 4.24. The van der Waals surface area contributed by atoms with Gasteiger partial charge in [-0.15, -0.1) is 0 Å². The maximum Gasteiger partial charge on any atom is 0.268 e. The highest BCUT2D eigenvalue weighted by Gasteiger charge is 2.25. The van der Waals surface area contributed by atoms with Gasteiger partial charge in [-0.05, 0) is 6.07 Å². The van der Waals surface area contributed by atoms with Crippen molar-refractivity contribution in [2.24, 2.45) is 7.05 Å². The zero-order valence-corrected chi connectivity index (χ0v) is 12.8. The van der Waals surface area contributed by atoms with Gasteiger partial charge in [-0.25, -0.2) is 8.42 Å². The molecule has 7 nitrogen and oxygen atoms in total. The Balaban J connectivity index is 3.09. The topological polar surface area (TPSA) is 91.6 Å². The van der Waals surface area contributed by atoms with E-state index in [1.165, 1.54) is 21.1 Å². The van der Waals surface area contributed by atoms with Crippen molar-refractivity contribution in [3.8, 4) is 0 Å². The molecule has 1 amide bonds. The van der Waals surface area contributed by atoms with Crippen LogP contribution in [0, 0.1) is 0 Å². The summed E-state index contributed by atoms with van der Waals surface area (Å²) >= 11 is 0. The number of carbonyl (C=O) groups is 1. The van der Waals surface area contributed by atoms with Crippen molar-refractivity contribution in [3.05, 3.63) is 18.0 Å². The SMILES string of the molecule is CCN(CC)S(=O)(=O)c1cc(C(=O)NCCO)n(C)c1. The molecule has 0 radical (unpaired) electrons. The largest absolute Gasteiger partial charge is 0.395 e. The average molecular weight is 303 g/mol. The molecule has 0 saturated heterocycles. The summed E-state index contributed by atoms with van der Waals surface area (Å²) in [4.78, 5) is 11.9. The van der Waals surface area contributed by atoms with Gasteiger partial charge in [0.25, 0.3) is 5.91 Å². The number of nitrogens with zero attached hydrogens (tertiary/aromatic N) is 2. The van der Waals surface area contributed by atoms with Crippen molar-refractivity contribution in [3.63, 3.8) is 0 Å². The van der Waals surface area contributed by atoms with Gasteiger partial charge in [0.05, 0.1) is 6.61 Å². The van der Waals surface area contributed by atoms with Gasteiger partial charge >= 0.3 is 0 Å². The van der Waals surface area contributed by atoms with Gasteiger partial charge in [0.1, 0.15) is 10.6 Å². The van der Waals surface area contributed by atoms with Crippen molar-refractivity contribution in [1.29, 1.82) is 0 Å². The number of aliphatic hydroxyl groups excluding tert-OH is 1. The number of hydrogen-bond acceptors (Lipinski definition) is 4. The number of nitrogens with one attached hydrogen (secondary N) is 1. The molecule has 8 heteroatoms. The van der Waals surface area contributed by atoms with Crippen LogP contribution in [0.1, 0.15) is 24.3 Å². The van der Waals surface area contributed by atoms with E-state index in [-0.39, 0.29) is 23.7 Å². The number of rotatable bonds is 7. The lowest BCUT2D eigenvalue weighted by Gasteiger charge is -2.17. The molecule has 1 rings (SSSR count). The molecule has 0 aromatic carbocycles. The van der Waals surface area contributed by atoms with Gasteiger partial charge in [0.15, 0.2) is 0 Å². The number of aryl methyl sites for hydroxylation is 1. The molecule has 0 aliphatic rings. The third-order valence-corrected chi connectivity index (χ3v) is 4.97. The summed E-state index contributed by atoms with van der Waals surface area (Å²) in [5.74, 6) is -0.414. The lowest BCUT2D eigenvalue weighted by atomic mass is 10.4. The van der Waals surface area contributed by atoms with E-state index in [1.807, 2.05) is 0 Å². The molecular weight excluding hydrogens is 282 g/mol. The van der Waals surface area contributed by atoms with Crippen LogP contribution < -0.4 is 5.32 Å². The van der Waals surface area contributed by atoms with Crippen molar-refractivity contribution in [2.45, 2.75) is 18.7 Å². The van der Waals surface area contributed by atoms with Crippen LogP contribution in [0.5, 0.6) is 0 Å². The Morgan fingerprint density at radius 2 is 2.00 bits per heavy atom. The Kier molecular flexibility index (Phi) is 5.73. The predicted octanol–water partition coefficient (Wildman–Crippen LogP) is -0.222. The zero-order valence-electron chi connectivity index (χ0n) is 12.0. The molecule has 0 fully saturated rings. The number of aromatic nitrogens is 1. The van der Waals surface area contributed by atoms with Gasteiger partial charge in [0.2, 0.25) is 10.0 Å². The van der Waals surface area contributed by atoms with Crippen molar-refractivity contribution >= 4 is 15.9 Å². The van der Waals surface area contributed by atoms with E-state index < -0.39 is 15.9 Å². The van der Waals surface area contributed by atoms with Crippen molar-refractivity contribution < 1.29 is 18.3 Å². The molecule has 0 atom stereocenters. The summed E-state index contributed by atoms with van der Waals surface area (Å²) in [5, 5.41) is 11.2. The summed E-state index contributed by atoms with van der Waals surface area (Å²) in [7, 11) is -1.97. The monoisotopic (exact) mass is 303 g/mol. The lowest BCUT2D eigenvalue weighted by molar-refractivity contribution is 0.0936. The number of amides is 1. The van der Waals surface area contributed by atoms with Gasteiger partial charge in [-0.2, -0.15) is 4.31 Å². The fourth-order valence-electron chi connectivity index (χ4n) is 1.87. The van der Waals surface area contributed by atoms with Gasteiger partial charge in [0, 0.05) is 32.9 Å². The molecule has 0 unspecified atom stereocenters. The first-order chi connectivity index (χ1) is 9.38. The maximum atomic E-state index is 12.3. The fraction of sp³-hybridized carbons (Fsp3) is 0.583. The van der Waals surface area contributed by atoms with Gasteiger partial charge in [-0.3, -0.25) is 4.79 Å². The molecule has 1 aromatic rings. The molecule has 0 bridgehead atoms. The van der Waals surface area contributed by atoms with Crippen LogP contribution in [0.15, 0.2) is 17.2 Å². The molecule has 0 saturated carbocycles. The van der Waals surface area contributed by atoms with Crippen LogP contribution in [0.3, 0.4) is 0 Å². The van der Waals surface area contributed by atoms with Crippen LogP contribution in [-0.4, -0.2) is 54.5 Å². The second-order valence-electron chi connectivity index (χ2n) is 4.24. The summed E-state index contributed by atoms with van der Waals surface area (Å²) < 4.78 is 27.5. The Labute approximate surface area is 119 Å². The van der Waals surface area contributed by atoms with E-state index in [1.54, 1.807) is 20.9 Å². The molecule has 0 spiro atoms. The Morgan fingerprint density at radius 3 is 2.50 bits per heavy atom. The molecule has 114 valence electrons. The molecule has 20 heavy (non-hydrogen) atoms. The second-order valence-corrected chi connectivity index (χ2v) is 6.18. The Hall–Kier alpha value is -1.38. The minimum Gasteiger partial charge on any atom is -0.395 e. The van der Waals surface area contributed by atoms with Crippen LogP contribution >= 0.6 is 0 Å². The highest BCUT2D eigenvalue weighted by atomic mass is 32.2. The summed E-state index contributed by atoms with van der Waals surface area (Å²) in [6, 6.07) is 1.35. The first-order valence-electron chi connectivity index (χ1n) is 6.44. The minimum absolute atomic E-state index is 0.0952. The van der Waals surface area contributed by atoms with Gasteiger partial charge < -0.3 is 15.0 Å². The highest BCUT2D eigenvalue weighted by molar-refractivity contribution is 7.89. The summed E-state index contributed by atoms with van der Waals surface area (Å²) in [6.07, 6.45) is 1.42. The minimum atomic E-state index is -3.57. The third kappa shape index (κ3) is 3.38. The second kappa shape index (κ2) is 6.87. The molecule has 1 aromatic heterocycles. The van der Waals surface area contributed by atoms with E-state index in [4.69, 9.17) is 5.11 Å². The zero-order chi connectivity index (χ0) is 15.3. The normalized spacial score (nSPS) is 11.8. The first-order valence-corrected chi connectivity index (χ1v) is 7.88. The van der Waals surface area contributed by atoms with Crippen LogP contribution in [0.2, 0.25) is 0 Å². The molecular formula is C12H21N3O4S. The highest BCUT2D eigenvalue weighted by Crippen LogP contribution is 2.18. The maximum absolute atomic E-state index is 12.3. The van der Waals surface area contributed by atoms with E-state index >= 15 is 0 Å². The van der Waals surface area contributed by atoms with E-state index in [9.17, 15) is 13.2 Å². The van der Waals surface area contributed by atoms with Crippen molar-refractivity contribution in [1.82, 2.24) is 14.2 Å². The predicted molar refractivity (Wildman–Crippen MR) is 74.9 cm³/mol. The van der Waals surface area contributed by atoms with E-state index in [0.29, 0.717) is 13.1 Å². The van der Waals surface area contributed by atoms with E-state index in [0.717, 1.165) is 0 Å². The van der Waals surface area contributed by atoms with E-state index in [2.05, 4.69) is 5.32 Å².